The van der Waals surface area contributed by atoms with E-state index in [1.165, 1.54) is 30.7 Å². The Bertz CT molecular complexity index is 529. The lowest BCUT2D eigenvalue weighted by Crippen LogP contribution is -2.39. The zero-order chi connectivity index (χ0) is 12.5. The van der Waals surface area contributed by atoms with Gasteiger partial charge in [0.1, 0.15) is 5.82 Å². The first-order valence-electron chi connectivity index (χ1n) is 6.92. The Morgan fingerprint density at radius 1 is 1.33 bits per heavy atom. The highest BCUT2D eigenvalue weighted by Gasteiger charge is 2.25. The van der Waals surface area contributed by atoms with Gasteiger partial charge in [0.25, 0.3) is 0 Å². The molecule has 0 aromatic carbocycles. The molecule has 18 heavy (non-hydrogen) atoms. The summed E-state index contributed by atoms with van der Waals surface area (Å²) in [6, 6.07) is 6.92. The molecule has 96 valence electrons. The maximum Gasteiger partial charge on any atom is 0.117 e. The smallest absolute Gasteiger partial charge is 0.117 e. The number of imidazole rings is 1. The van der Waals surface area contributed by atoms with E-state index in [0.29, 0.717) is 12.0 Å². The van der Waals surface area contributed by atoms with Gasteiger partial charge in [-0.2, -0.15) is 0 Å². The molecule has 1 aliphatic heterocycles. The van der Waals surface area contributed by atoms with Crippen LogP contribution in [0.4, 0.5) is 0 Å². The molecule has 3 rings (SSSR count). The molecule has 3 heterocycles. The molecule has 1 fully saturated rings. The SMILES string of the molecule is CC(C)N1CCCC(c2ncc3ccccn23)C1. The molecule has 2 aromatic rings. The van der Waals surface area contributed by atoms with Crippen molar-refractivity contribution < 1.29 is 0 Å². The van der Waals surface area contributed by atoms with E-state index in [1.54, 1.807) is 0 Å². The van der Waals surface area contributed by atoms with Crippen LogP contribution in [0, 0.1) is 0 Å². The summed E-state index contributed by atoms with van der Waals surface area (Å²) >= 11 is 0. The van der Waals surface area contributed by atoms with E-state index in [0.717, 1.165) is 6.54 Å². The van der Waals surface area contributed by atoms with Crippen LogP contribution < -0.4 is 0 Å². The molecule has 0 aliphatic carbocycles. The van der Waals surface area contributed by atoms with Crippen LogP contribution in [0.3, 0.4) is 0 Å². The molecular formula is C15H21N3. The summed E-state index contributed by atoms with van der Waals surface area (Å²) in [6.07, 6.45) is 6.66. The molecule has 0 N–H and O–H groups in total. The van der Waals surface area contributed by atoms with E-state index >= 15 is 0 Å². The number of rotatable bonds is 2. The highest BCUT2D eigenvalue weighted by atomic mass is 15.2. The number of pyridine rings is 1. The number of aromatic nitrogens is 2. The van der Waals surface area contributed by atoms with Gasteiger partial charge >= 0.3 is 0 Å². The molecule has 0 amide bonds. The van der Waals surface area contributed by atoms with E-state index in [-0.39, 0.29) is 0 Å². The van der Waals surface area contributed by atoms with Crippen LogP contribution >= 0.6 is 0 Å². The van der Waals surface area contributed by atoms with Crippen LogP contribution in [-0.4, -0.2) is 33.4 Å². The molecule has 0 bridgehead atoms. The molecule has 3 heteroatoms. The van der Waals surface area contributed by atoms with Gasteiger partial charge in [0.05, 0.1) is 11.7 Å². The van der Waals surface area contributed by atoms with Gasteiger partial charge < -0.3 is 9.30 Å². The normalized spacial score (nSPS) is 21.8. The summed E-state index contributed by atoms with van der Waals surface area (Å²) in [7, 11) is 0. The number of hydrogen-bond acceptors (Lipinski definition) is 2. The van der Waals surface area contributed by atoms with E-state index in [2.05, 4.69) is 52.5 Å². The summed E-state index contributed by atoms with van der Waals surface area (Å²) in [5, 5.41) is 0. The van der Waals surface area contributed by atoms with E-state index in [1.807, 2.05) is 6.20 Å². The minimum absolute atomic E-state index is 0.575. The van der Waals surface area contributed by atoms with Gasteiger partial charge in [-0.1, -0.05) is 6.07 Å². The van der Waals surface area contributed by atoms with E-state index in [4.69, 9.17) is 0 Å². The maximum absolute atomic E-state index is 4.65. The van der Waals surface area contributed by atoms with Gasteiger partial charge in [0.15, 0.2) is 0 Å². The highest BCUT2D eigenvalue weighted by molar-refractivity contribution is 5.46. The maximum atomic E-state index is 4.65. The predicted octanol–water partition coefficient (Wildman–Crippen LogP) is 2.92. The number of likely N-dealkylation sites (tertiary alicyclic amines) is 1. The molecule has 0 radical (unpaired) electrons. The van der Waals surface area contributed by atoms with Gasteiger partial charge in [0.2, 0.25) is 0 Å². The quantitative estimate of drug-likeness (QED) is 0.808. The number of nitrogens with zero attached hydrogens (tertiary/aromatic N) is 3. The minimum atomic E-state index is 0.575. The second kappa shape index (κ2) is 4.73. The zero-order valence-corrected chi connectivity index (χ0v) is 11.2. The fourth-order valence-electron chi connectivity index (χ4n) is 2.95. The van der Waals surface area contributed by atoms with Crippen molar-refractivity contribution in [3.05, 3.63) is 36.4 Å². The van der Waals surface area contributed by atoms with Gasteiger partial charge in [-0.3, -0.25) is 0 Å². The second-order valence-electron chi connectivity index (χ2n) is 5.54. The topological polar surface area (TPSA) is 20.5 Å². The van der Waals surface area contributed by atoms with Crippen molar-refractivity contribution in [1.29, 1.82) is 0 Å². The minimum Gasteiger partial charge on any atom is -0.303 e. The molecule has 1 saturated heterocycles. The number of fused-ring (bicyclic) bond motifs is 1. The molecule has 0 spiro atoms. The summed E-state index contributed by atoms with van der Waals surface area (Å²) < 4.78 is 2.24. The first-order valence-corrected chi connectivity index (χ1v) is 6.92. The fourth-order valence-corrected chi connectivity index (χ4v) is 2.95. The Morgan fingerprint density at radius 3 is 3.06 bits per heavy atom. The predicted molar refractivity (Wildman–Crippen MR) is 73.9 cm³/mol. The van der Waals surface area contributed by atoms with Crippen LogP contribution in [0.1, 0.15) is 38.4 Å². The van der Waals surface area contributed by atoms with Crippen LogP contribution in [0.25, 0.3) is 5.52 Å². The third-order valence-electron chi connectivity index (χ3n) is 4.02. The van der Waals surface area contributed by atoms with Crippen LogP contribution in [0.15, 0.2) is 30.6 Å². The third kappa shape index (κ3) is 2.03. The molecule has 1 unspecified atom stereocenters. The lowest BCUT2D eigenvalue weighted by atomic mass is 9.96. The van der Waals surface area contributed by atoms with Crippen LogP contribution in [0.2, 0.25) is 0 Å². The molecule has 1 aliphatic rings. The molecule has 2 aromatic heterocycles. The van der Waals surface area contributed by atoms with Crippen LogP contribution in [0.5, 0.6) is 0 Å². The fraction of sp³-hybridized carbons (Fsp3) is 0.533. The highest BCUT2D eigenvalue weighted by Crippen LogP contribution is 2.27. The number of piperidine rings is 1. The van der Waals surface area contributed by atoms with Gasteiger partial charge in [-0.15, -0.1) is 0 Å². The Labute approximate surface area is 108 Å². The Balaban J connectivity index is 1.90. The third-order valence-corrected chi connectivity index (χ3v) is 4.02. The Morgan fingerprint density at radius 2 is 2.22 bits per heavy atom. The molecule has 1 atom stereocenters. The molecular weight excluding hydrogens is 222 g/mol. The summed E-state index contributed by atoms with van der Waals surface area (Å²) in [5.74, 6) is 1.81. The summed E-state index contributed by atoms with van der Waals surface area (Å²) in [4.78, 5) is 7.22. The standard InChI is InChI=1S/C15H21N3/c1-12(2)17-8-5-6-13(11-17)15-16-10-14-7-3-4-9-18(14)15/h3-4,7,9-10,12-13H,5-6,8,11H2,1-2H3. The van der Waals surface area contributed by atoms with Gasteiger partial charge in [0, 0.05) is 24.7 Å². The van der Waals surface area contributed by atoms with Gasteiger partial charge in [-0.25, -0.2) is 4.98 Å². The van der Waals surface area contributed by atoms with Crippen molar-refractivity contribution in [2.45, 2.75) is 38.6 Å². The number of hydrogen-bond donors (Lipinski definition) is 0. The summed E-state index contributed by atoms with van der Waals surface area (Å²) in [5.41, 5.74) is 1.20. The average molecular weight is 243 g/mol. The lowest BCUT2D eigenvalue weighted by molar-refractivity contribution is 0.164. The van der Waals surface area contributed by atoms with Crippen molar-refractivity contribution in [1.82, 2.24) is 14.3 Å². The lowest BCUT2D eigenvalue weighted by Gasteiger charge is -2.34. The van der Waals surface area contributed by atoms with Crippen molar-refractivity contribution in [3.63, 3.8) is 0 Å². The van der Waals surface area contributed by atoms with Gasteiger partial charge in [-0.05, 0) is 45.4 Å². The van der Waals surface area contributed by atoms with Crippen molar-refractivity contribution in [2.24, 2.45) is 0 Å². The largest absolute Gasteiger partial charge is 0.303 e. The molecule has 0 saturated carbocycles. The molecule has 3 nitrogen and oxygen atoms in total. The first kappa shape index (κ1) is 11.7. The van der Waals surface area contributed by atoms with Crippen molar-refractivity contribution in [2.75, 3.05) is 13.1 Å². The van der Waals surface area contributed by atoms with Crippen molar-refractivity contribution >= 4 is 5.52 Å². The first-order chi connectivity index (χ1) is 8.75. The second-order valence-corrected chi connectivity index (χ2v) is 5.54. The zero-order valence-electron chi connectivity index (χ0n) is 11.2. The average Bonchev–Trinajstić information content (AvgIpc) is 2.82. The van der Waals surface area contributed by atoms with E-state index < -0.39 is 0 Å². The van der Waals surface area contributed by atoms with Crippen LogP contribution in [-0.2, 0) is 0 Å². The van der Waals surface area contributed by atoms with Crippen molar-refractivity contribution in [3.8, 4) is 0 Å². The monoisotopic (exact) mass is 243 g/mol. The summed E-state index contributed by atoms with van der Waals surface area (Å²) in [6.45, 7) is 6.95. The Hall–Kier alpha value is -1.35. The Kier molecular flexibility index (Phi) is 3.08. The van der Waals surface area contributed by atoms with E-state index in [9.17, 15) is 0 Å².